The van der Waals surface area contributed by atoms with Gasteiger partial charge in [-0.2, -0.15) is 9.40 Å². The van der Waals surface area contributed by atoms with E-state index in [1.54, 1.807) is 25.7 Å². The van der Waals surface area contributed by atoms with Crippen LogP contribution < -0.4 is 5.32 Å². The minimum absolute atomic E-state index is 0.0533. The normalized spacial score (nSPS) is 13.4. The van der Waals surface area contributed by atoms with Crippen molar-refractivity contribution in [1.29, 1.82) is 0 Å². The summed E-state index contributed by atoms with van der Waals surface area (Å²) in [6.45, 7) is 10.6. The van der Waals surface area contributed by atoms with Crippen LogP contribution in [0.25, 0.3) is 0 Å². The molecule has 1 aliphatic heterocycles. The molecule has 0 aliphatic carbocycles. The number of nitrogens with zero attached hydrogens (tertiary/aromatic N) is 4. The molecule has 214 valence electrons. The third-order valence-electron chi connectivity index (χ3n) is 7.01. The number of hydrogen-bond donors (Lipinski definition) is 1. The monoisotopic (exact) mass is 585 g/mol. The van der Waals surface area contributed by atoms with Crippen LogP contribution in [0.4, 0.5) is 5.00 Å². The van der Waals surface area contributed by atoms with Gasteiger partial charge in [-0.05, 0) is 62.6 Å². The number of fused-ring (bicyclic) bond motifs is 1. The molecular weight excluding hydrogens is 550 g/mol. The Balaban J connectivity index is 1.64. The summed E-state index contributed by atoms with van der Waals surface area (Å²) in [6, 6.07) is 7.63. The lowest BCUT2D eigenvalue weighted by Gasteiger charge is -2.26. The van der Waals surface area contributed by atoms with Gasteiger partial charge in [0, 0.05) is 42.7 Å². The molecule has 3 aromatic rings. The number of nitrogens with one attached hydrogen (secondary N) is 1. The number of hydrogen-bond acceptors (Lipinski definition) is 7. The largest absolute Gasteiger partial charge is 0.337 e. The highest BCUT2D eigenvalue weighted by Crippen LogP contribution is 2.38. The van der Waals surface area contributed by atoms with Gasteiger partial charge < -0.3 is 10.2 Å². The van der Waals surface area contributed by atoms with Crippen LogP contribution in [0.3, 0.4) is 0 Å². The van der Waals surface area contributed by atoms with Crippen molar-refractivity contribution in [2.45, 2.75) is 65.3 Å². The van der Waals surface area contributed by atoms with Gasteiger partial charge in [0.2, 0.25) is 15.9 Å². The predicted octanol–water partition coefficient (Wildman–Crippen LogP) is 4.22. The van der Waals surface area contributed by atoms with Gasteiger partial charge in [0.25, 0.3) is 11.8 Å². The van der Waals surface area contributed by atoms with E-state index < -0.39 is 15.9 Å². The van der Waals surface area contributed by atoms with E-state index in [4.69, 9.17) is 0 Å². The van der Waals surface area contributed by atoms with Crippen molar-refractivity contribution >= 4 is 44.1 Å². The zero-order valence-corrected chi connectivity index (χ0v) is 25.1. The first-order chi connectivity index (χ1) is 19.0. The molecule has 0 atom stereocenters. The number of carbonyl (C=O) groups excluding carboxylic acids is 3. The topological polar surface area (TPSA) is 122 Å². The molecule has 4 rings (SSSR count). The van der Waals surface area contributed by atoms with Crippen LogP contribution >= 0.6 is 11.3 Å². The zero-order chi connectivity index (χ0) is 29.2. The molecule has 40 heavy (non-hydrogen) atoms. The van der Waals surface area contributed by atoms with Crippen LogP contribution in [0.15, 0.2) is 35.2 Å². The van der Waals surface area contributed by atoms with Crippen molar-refractivity contribution in [2.24, 2.45) is 0 Å². The van der Waals surface area contributed by atoms with Crippen LogP contribution in [0.5, 0.6) is 0 Å². The van der Waals surface area contributed by atoms with Crippen molar-refractivity contribution in [2.75, 3.05) is 25.0 Å². The molecule has 1 N–H and O–H groups in total. The first-order valence-electron chi connectivity index (χ1n) is 13.4. The Bertz CT molecular complexity index is 1540. The Hall–Kier alpha value is -3.35. The number of aryl methyl sites for hydroxylation is 2. The van der Waals surface area contributed by atoms with Crippen molar-refractivity contribution in [3.8, 4) is 0 Å². The molecule has 0 saturated carbocycles. The van der Waals surface area contributed by atoms with Gasteiger partial charge in [0.05, 0.1) is 22.7 Å². The van der Waals surface area contributed by atoms with Crippen molar-refractivity contribution in [1.82, 2.24) is 19.0 Å². The van der Waals surface area contributed by atoms with E-state index >= 15 is 0 Å². The predicted molar refractivity (Wildman–Crippen MR) is 154 cm³/mol. The smallest absolute Gasteiger partial charge is 0.281 e. The number of unbranched alkanes of at least 4 members (excludes halogenated alkanes) is 1. The summed E-state index contributed by atoms with van der Waals surface area (Å²) in [5.74, 6) is -0.864. The summed E-state index contributed by atoms with van der Waals surface area (Å²) < 4.78 is 28.9. The molecule has 2 aromatic heterocycles. The molecule has 0 radical (unpaired) electrons. The standard InChI is InChI=1S/C28H35N5O5S2/c1-6-8-14-32(7-2)40(37,38)22-11-9-21(10-12-22)26(35)29-27-25(28(36)33-19(4)16-18(3)30-33)23-13-15-31(20(5)34)17-24(23)39-27/h9-12,16H,6-8,13-15,17H2,1-5H3,(H,29,35). The van der Waals surface area contributed by atoms with Gasteiger partial charge in [0.15, 0.2) is 0 Å². The van der Waals surface area contributed by atoms with Gasteiger partial charge in [0.1, 0.15) is 5.00 Å². The molecule has 0 bridgehead atoms. The Labute approximate surface area is 239 Å². The van der Waals surface area contributed by atoms with Crippen molar-refractivity contribution in [3.63, 3.8) is 0 Å². The third kappa shape index (κ3) is 5.89. The molecule has 0 spiro atoms. The minimum atomic E-state index is -3.67. The lowest BCUT2D eigenvalue weighted by atomic mass is 10.0. The fourth-order valence-electron chi connectivity index (χ4n) is 4.81. The molecule has 12 heteroatoms. The number of rotatable bonds is 9. The molecule has 0 unspecified atom stereocenters. The number of amides is 2. The molecule has 10 nitrogen and oxygen atoms in total. The maximum Gasteiger partial charge on any atom is 0.281 e. The van der Waals surface area contributed by atoms with E-state index in [0.29, 0.717) is 54.6 Å². The highest BCUT2D eigenvalue weighted by Gasteiger charge is 2.31. The Morgan fingerprint density at radius 2 is 1.82 bits per heavy atom. The van der Waals surface area contributed by atoms with E-state index in [1.807, 2.05) is 13.0 Å². The highest BCUT2D eigenvalue weighted by molar-refractivity contribution is 7.89. The number of sulfonamides is 1. The summed E-state index contributed by atoms with van der Waals surface area (Å²) in [7, 11) is -3.67. The summed E-state index contributed by atoms with van der Waals surface area (Å²) in [5, 5.41) is 7.60. The minimum Gasteiger partial charge on any atom is -0.337 e. The molecule has 1 aliphatic rings. The van der Waals surface area contributed by atoms with E-state index in [2.05, 4.69) is 10.4 Å². The van der Waals surface area contributed by atoms with E-state index in [-0.39, 0.29) is 22.3 Å². The lowest BCUT2D eigenvalue weighted by Crippen LogP contribution is -2.34. The van der Waals surface area contributed by atoms with Crippen molar-refractivity contribution in [3.05, 3.63) is 63.3 Å². The second-order valence-corrected chi connectivity index (χ2v) is 12.9. The van der Waals surface area contributed by atoms with Gasteiger partial charge in [-0.3, -0.25) is 14.4 Å². The summed E-state index contributed by atoms with van der Waals surface area (Å²) in [4.78, 5) is 41.7. The first kappa shape index (κ1) is 29.6. The van der Waals surface area contributed by atoms with Crippen LogP contribution in [0.2, 0.25) is 0 Å². The zero-order valence-electron chi connectivity index (χ0n) is 23.5. The average molecular weight is 586 g/mol. The van der Waals surface area contributed by atoms with Crippen LogP contribution in [-0.2, 0) is 27.8 Å². The van der Waals surface area contributed by atoms with Gasteiger partial charge >= 0.3 is 0 Å². The third-order valence-corrected chi connectivity index (χ3v) is 10.1. The molecule has 0 saturated heterocycles. The van der Waals surface area contributed by atoms with Crippen LogP contribution in [0.1, 0.15) is 76.2 Å². The Kier molecular flexibility index (Phi) is 8.91. The number of anilines is 1. The SMILES string of the molecule is CCCCN(CC)S(=O)(=O)c1ccc(C(=O)Nc2sc3c(c2C(=O)n2nc(C)cc2C)CCN(C(C)=O)C3)cc1. The Morgan fingerprint density at radius 1 is 1.12 bits per heavy atom. The van der Waals surface area contributed by atoms with Gasteiger partial charge in [-0.15, -0.1) is 11.3 Å². The molecule has 1 aromatic carbocycles. The first-order valence-corrected chi connectivity index (χ1v) is 15.6. The number of benzene rings is 1. The van der Waals surface area contributed by atoms with Crippen LogP contribution in [0, 0.1) is 13.8 Å². The second kappa shape index (κ2) is 12.0. The number of thiophene rings is 1. The second-order valence-electron chi connectivity index (χ2n) is 9.87. The quantitative estimate of drug-likeness (QED) is 0.401. The number of aromatic nitrogens is 2. The fraction of sp³-hybridized carbons (Fsp3) is 0.429. The van der Waals surface area contributed by atoms with E-state index in [1.165, 1.54) is 51.5 Å². The maximum atomic E-state index is 13.7. The van der Waals surface area contributed by atoms with Crippen LogP contribution in [-0.4, -0.2) is 64.8 Å². The van der Waals surface area contributed by atoms with Gasteiger partial charge in [-0.1, -0.05) is 20.3 Å². The molecule has 2 amide bonds. The summed E-state index contributed by atoms with van der Waals surface area (Å²) in [5.41, 5.74) is 2.82. The lowest BCUT2D eigenvalue weighted by molar-refractivity contribution is -0.129. The maximum absolute atomic E-state index is 13.7. The number of carbonyl (C=O) groups is 3. The Morgan fingerprint density at radius 3 is 2.40 bits per heavy atom. The molecular formula is C28H35N5O5S2. The van der Waals surface area contributed by atoms with E-state index in [9.17, 15) is 22.8 Å². The molecule has 0 fully saturated rings. The summed E-state index contributed by atoms with van der Waals surface area (Å²) in [6.07, 6.45) is 2.13. The fourth-order valence-corrected chi connectivity index (χ4v) is 7.55. The van der Waals surface area contributed by atoms with Gasteiger partial charge in [-0.25, -0.2) is 13.1 Å². The summed E-state index contributed by atoms with van der Waals surface area (Å²) >= 11 is 1.27. The van der Waals surface area contributed by atoms with E-state index in [0.717, 1.165) is 23.3 Å². The molecule has 3 heterocycles. The average Bonchev–Trinajstić information content (AvgIpc) is 3.46. The van der Waals surface area contributed by atoms with Crippen molar-refractivity contribution < 1.29 is 22.8 Å². The highest BCUT2D eigenvalue weighted by atomic mass is 32.2.